The molecular weight excluding hydrogens is 592 g/mol. The summed E-state index contributed by atoms with van der Waals surface area (Å²) in [5, 5.41) is 16.0. The molecule has 5 rings (SSSR count). The van der Waals surface area contributed by atoms with Crippen LogP contribution in [0.4, 0.5) is 34.8 Å². The normalized spacial score (nSPS) is 20.2. The lowest BCUT2D eigenvalue weighted by Crippen LogP contribution is -2.76. The quantitative estimate of drug-likeness (QED) is 0.356. The molecule has 10 nitrogen and oxygen atoms in total. The van der Waals surface area contributed by atoms with E-state index in [1.807, 2.05) is 4.90 Å². The molecule has 2 amide bonds. The van der Waals surface area contributed by atoms with Gasteiger partial charge in [-0.25, -0.2) is 9.37 Å². The molecule has 2 fully saturated rings. The molecule has 2 N–H and O–H groups in total. The Bertz CT molecular complexity index is 1520. The van der Waals surface area contributed by atoms with Gasteiger partial charge in [-0.05, 0) is 44.5 Å². The van der Waals surface area contributed by atoms with Crippen LogP contribution in [0, 0.1) is 24.1 Å². The smallest absolute Gasteiger partial charge is 0.366 e. The van der Waals surface area contributed by atoms with Crippen LogP contribution in [0.3, 0.4) is 0 Å². The van der Waals surface area contributed by atoms with E-state index in [9.17, 15) is 28.0 Å². The maximum absolute atomic E-state index is 15.5. The van der Waals surface area contributed by atoms with Gasteiger partial charge in [0.2, 0.25) is 11.8 Å². The summed E-state index contributed by atoms with van der Waals surface area (Å²) in [6.07, 6.45) is -3.36. The Kier molecular flexibility index (Phi) is 9.04. The van der Waals surface area contributed by atoms with Crippen molar-refractivity contribution in [3.8, 4) is 6.07 Å². The molecule has 14 heteroatoms. The summed E-state index contributed by atoms with van der Waals surface area (Å²) in [5.41, 5.74) is -1.35. The highest BCUT2D eigenvalue weighted by molar-refractivity contribution is 6.02. The number of benzene rings is 1. The predicted octanol–water partition coefficient (Wildman–Crippen LogP) is 3.14. The van der Waals surface area contributed by atoms with Gasteiger partial charge < -0.3 is 25.3 Å². The molecule has 0 saturated carbocycles. The molecule has 0 bridgehead atoms. The van der Waals surface area contributed by atoms with Crippen LogP contribution in [0.5, 0.6) is 0 Å². The van der Waals surface area contributed by atoms with Crippen molar-refractivity contribution in [1.29, 1.82) is 5.26 Å². The second-order valence-corrected chi connectivity index (χ2v) is 11.7. The molecule has 0 radical (unpaired) electrons. The Balaban J connectivity index is 1.39. The minimum Gasteiger partial charge on any atom is -0.366 e. The first-order valence-electron chi connectivity index (χ1n) is 14.9. The average Bonchev–Trinajstić information content (AvgIpc) is 2.98. The number of aryl methyl sites for hydroxylation is 1. The van der Waals surface area contributed by atoms with Gasteiger partial charge in [-0.2, -0.15) is 18.4 Å². The Hall–Kier alpha value is -4.22. The summed E-state index contributed by atoms with van der Waals surface area (Å²) in [6.45, 7) is 11.4. The van der Waals surface area contributed by atoms with Gasteiger partial charge in [0, 0.05) is 64.6 Å². The summed E-state index contributed by atoms with van der Waals surface area (Å²) >= 11 is 0. The van der Waals surface area contributed by atoms with Crippen molar-refractivity contribution in [3.63, 3.8) is 0 Å². The molecule has 1 aromatic heterocycles. The summed E-state index contributed by atoms with van der Waals surface area (Å²) in [7, 11) is 0. The number of fused-ring (bicyclic) bond motifs is 1. The van der Waals surface area contributed by atoms with Crippen LogP contribution in [0.1, 0.15) is 30.2 Å². The largest absolute Gasteiger partial charge is 0.417 e. The fraction of sp³-hybridized carbons (Fsp3) is 0.484. The Labute approximate surface area is 259 Å². The van der Waals surface area contributed by atoms with Gasteiger partial charge in [0.05, 0.1) is 22.5 Å². The molecule has 0 aliphatic carbocycles. The third kappa shape index (κ3) is 6.46. The fourth-order valence-electron chi connectivity index (χ4n) is 6.50. The summed E-state index contributed by atoms with van der Waals surface area (Å²) < 4.78 is 56.8. The predicted molar refractivity (Wildman–Crippen MR) is 161 cm³/mol. The van der Waals surface area contributed by atoms with Gasteiger partial charge in [-0.1, -0.05) is 12.6 Å². The van der Waals surface area contributed by atoms with Crippen molar-refractivity contribution >= 4 is 29.0 Å². The molecule has 240 valence electrons. The zero-order valence-corrected chi connectivity index (χ0v) is 25.3. The van der Waals surface area contributed by atoms with Crippen molar-refractivity contribution in [1.82, 2.24) is 20.1 Å². The fourth-order valence-corrected chi connectivity index (χ4v) is 6.50. The van der Waals surface area contributed by atoms with Crippen molar-refractivity contribution in [2.75, 3.05) is 74.0 Å². The molecule has 2 saturated heterocycles. The van der Waals surface area contributed by atoms with Crippen LogP contribution in [-0.2, 0) is 15.8 Å². The number of nitrogens with one attached hydrogen (secondary N) is 2. The number of nitriles is 1. The zero-order chi connectivity index (χ0) is 32.5. The molecule has 0 unspecified atom stereocenters. The first-order chi connectivity index (χ1) is 21.4. The lowest BCUT2D eigenvalue weighted by molar-refractivity contribution is -0.138. The molecule has 4 heterocycles. The van der Waals surface area contributed by atoms with Gasteiger partial charge in [0.1, 0.15) is 29.3 Å². The van der Waals surface area contributed by atoms with E-state index in [1.54, 1.807) is 24.0 Å². The van der Waals surface area contributed by atoms with E-state index in [2.05, 4.69) is 27.1 Å². The number of hydrogen-bond donors (Lipinski definition) is 2. The van der Waals surface area contributed by atoms with Crippen LogP contribution in [0.15, 0.2) is 36.9 Å². The van der Waals surface area contributed by atoms with Crippen LogP contribution in [-0.4, -0.2) is 97.1 Å². The number of hydrogen-bond acceptors (Lipinski definition) is 8. The van der Waals surface area contributed by atoms with Crippen LogP contribution in [0.25, 0.3) is 0 Å². The first kappa shape index (κ1) is 32.2. The van der Waals surface area contributed by atoms with E-state index >= 15 is 4.39 Å². The number of carbonyl (C=O) groups is 2. The number of rotatable bonds is 7. The highest BCUT2D eigenvalue weighted by Gasteiger charge is 2.47. The number of likely N-dealkylation sites (N-methyl/N-ethyl adjacent to an activating group) is 1. The maximum atomic E-state index is 15.5. The average molecular weight is 629 g/mol. The van der Waals surface area contributed by atoms with E-state index in [0.29, 0.717) is 38.4 Å². The molecular formula is C31H36F4N8O2. The number of piperazine rings is 1. The third-order valence-corrected chi connectivity index (χ3v) is 8.63. The van der Waals surface area contributed by atoms with Crippen molar-refractivity contribution in [3.05, 3.63) is 59.6 Å². The summed E-state index contributed by atoms with van der Waals surface area (Å²) in [5.74, 6) is -1.37. The number of amides is 2. The van der Waals surface area contributed by atoms with Gasteiger partial charge in [0.15, 0.2) is 0 Å². The number of halogens is 4. The van der Waals surface area contributed by atoms with Gasteiger partial charge in [-0.3, -0.25) is 14.5 Å². The molecule has 1 aromatic carbocycles. The van der Waals surface area contributed by atoms with E-state index in [-0.39, 0.29) is 48.2 Å². The van der Waals surface area contributed by atoms with Crippen LogP contribution >= 0.6 is 0 Å². The van der Waals surface area contributed by atoms with Crippen molar-refractivity contribution in [2.45, 2.75) is 38.0 Å². The molecule has 3 aliphatic heterocycles. The number of alkyl halides is 3. The van der Waals surface area contributed by atoms with Crippen molar-refractivity contribution in [2.24, 2.45) is 0 Å². The number of nitrogens with zero attached hydrogens (tertiary/aromatic N) is 6. The van der Waals surface area contributed by atoms with E-state index in [1.165, 1.54) is 30.0 Å². The number of anilines is 3. The number of carbonyl (C=O) groups excluding carboxylic acids is 2. The number of likely N-dealkylation sites (tertiary alicyclic amines) is 1. The van der Waals surface area contributed by atoms with Gasteiger partial charge in [-0.15, -0.1) is 0 Å². The van der Waals surface area contributed by atoms with E-state index in [0.717, 1.165) is 19.2 Å². The second kappa shape index (κ2) is 12.6. The third-order valence-electron chi connectivity index (χ3n) is 8.63. The van der Waals surface area contributed by atoms with Crippen LogP contribution in [0.2, 0.25) is 0 Å². The molecule has 45 heavy (non-hydrogen) atoms. The SMILES string of the molecule is C=CC(=O)N1CC2(CN(CCN3CC[C@H](Nc4nc(C)cc(C(F)(F)F)c4C#N)C(=O)N(CC)c4cccc(F)c43)CCN2)C1. The molecule has 2 aromatic rings. The highest BCUT2D eigenvalue weighted by atomic mass is 19.4. The van der Waals surface area contributed by atoms with Crippen molar-refractivity contribution < 1.29 is 27.2 Å². The van der Waals surface area contributed by atoms with E-state index < -0.39 is 35.1 Å². The second-order valence-electron chi connectivity index (χ2n) is 11.7. The Morgan fingerprint density at radius 1 is 1.27 bits per heavy atom. The lowest BCUT2D eigenvalue weighted by Gasteiger charge is -2.55. The monoisotopic (exact) mass is 628 g/mol. The summed E-state index contributed by atoms with van der Waals surface area (Å²) in [4.78, 5) is 37.3. The molecule has 1 spiro atoms. The molecule has 3 aliphatic rings. The standard InChI is InChI=1S/C31H36F4N8O2/c1-4-26(44)42-18-30(19-42)17-40(12-10-37-30)13-14-41-11-9-24(29(45)43(5-2)25-8-6-7-23(32)27(25)41)39-28-21(16-36)22(31(33,34)35)15-20(3)38-28/h4,6-8,15,24,37H,1,5,9-14,17-19H2,2-3H3,(H,38,39)/t24-/m0/s1. The number of aromatic nitrogens is 1. The maximum Gasteiger partial charge on any atom is 0.417 e. The van der Waals surface area contributed by atoms with Gasteiger partial charge >= 0.3 is 6.18 Å². The zero-order valence-electron chi connectivity index (χ0n) is 25.3. The highest BCUT2D eigenvalue weighted by Crippen LogP contribution is 2.37. The summed E-state index contributed by atoms with van der Waals surface area (Å²) in [6, 6.07) is 5.90. The topological polar surface area (TPSA) is 108 Å². The Morgan fingerprint density at radius 3 is 2.69 bits per heavy atom. The lowest BCUT2D eigenvalue weighted by atomic mass is 9.87. The van der Waals surface area contributed by atoms with E-state index in [4.69, 9.17) is 0 Å². The van der Waals surface area contributed by atoms with Gasteiger partial charge in [0.25, 0.3) is 0 Å². The first-order valence-corrected chi connectivity index (χ1v) is 14.9. The molecule has 1 atom stereocenters. The minimum atomic E-state index is -4.79. The minimum absolute atomic E-state index is 0.0424. The number of pyridine rings is 1. The van der Waals surface area contributed by atoms with Crippen LogP contribution < -0.4 is 20.4 Å². The Morgan fingerprint density at radius 2 is 2.02 bits per heavy atom. The number of para-hydroxylation sites is 1.